The van der Waals surface area contributed by atoms with E-state index < -0.39 is 16.0 Å². The summed E-state index contributed by atoms with van der Waals surface area (Å²) in [6.07, 6.45) is 0. The van der Waals surface area contributed by atoms with Crippen LogP contribution in [0.2, 0.25) is 0 Å². The Balaban J connectivity index is 2.20. The second-order valence-corrected chi connectivity index (χ2v) is 6.96. The quantitative estimate of drug-likeness (QED) is 0.888. The fourth-order valence-electron chi connectivity index (χ4n) is 1.73. The van der Waals surface area contributed by atoms with Crippen LogP contribution in [0.25, 0.3) is 0 Å². The van der Waals surface area contributed by atoms with Gasteiger partial charge in [-0.15, -0.1) is 11.3 Å². The minimum atomic E-state index is -3.97. The van der Waals surface area contributed by atoms with E-state index in [1.165, 1.54) is 29.6 Å². The average molecular weight is 328 g/mol. The van der Waals surface area contributed by atoms with Gasteiger partial charge in [-0.3, -0.25) is 0 Å². The summed E-state index contributed by atoms with van der Waals surface area (Å²) in [7, 11) is -3.97. The highest BCUT2D eigenvalue weighted by Gasteiger charge is 2.20. The van der Waals surface area contributed by atoms with E-state index in [4.69, 9.17) is 0 Å². The predicted octanol–water partition coefficient (Wildman–Crippen LogP) is 1.04. The SMILES string of the molecule is Cc1cc(CNS(=O)(=O)c2ccsc2C(=O)[O-])ccc1F. The van der Waals surface area contributed by atoms with Gasteiger partial charge in [0.15, 0.2) is 0 Å². The monoisotopic (exact) mass is 328 g/mol. The van der Waals surface area contributed by atoms with Gasteiger partial charge in [0.2, 0.25) is 10.0 Å². The number of rotatable bonds is 5. The van der Waals surface area contributed by atoms with Crippen LogP contribution in [0.15, 0.2) is 34.5 Å². The summed E-state index contributed by atoms with van der Waals surface area (Å²) in [5.74, 6) is -1.92. The van der Waals surface area contributed by atoms with Crippen molar-refractivity contribution in [3.63, 3.8) is 0 Å². The van der Waals surface area contributed by atoms with Crippen LogP contribution in [0.4, 0.5) is 4.39 Å². The molecule has 0 saturated heterocycles. The van der Waals surface area contributed by atoms with E-state index in [2.05, 4.69) is 4.72 Å². The number of hydrogen-bond acceptors (Lipinski definition) is 5. The lowest BCUT2D eigenvalue weighted by atomic mass is 10.1. The molecule has 1 N–H and O–H groups in total. The van der Waals surface area contributed by atoms with Crippen molar-refractivity contribution >= 4 is 27.3 Å². The molecular weight excluding hydrogens is 317 g/mol. The van der Waals surface area contributed by atoms with E-state index in [-0.39, 0.29) is 22.1 Å². The van der Waals surface area contributed by atoms with Crippen LogP contribution in [-0.2, 0) is 16.6 Å². The van der Waals surface area contributed by atoms with E-state index in [0.29, 0.717) is 11.1 Å². The normalized spacial score (nSPS) is 11.5. The third kappa shape index (κ3) is 3.46. The van der Waals surface area contributed by atoms with Crippen molar-refractivity contribution in [2.24, 2.45) is 0 Å². The molecule has 0 aliphatic heterocycles. The summed E-state index contributed by atoms with van der Waals surface area (Å²) in [5, 5.41) is 12.2. The number of halogens is 1. The molecule has 0 amide bonds. The molecular formula is C13H11FNO4S2-. The molecule has 0 radical (unpaired) electrons. The van der Waals surface area contributed by atoms with Crippen molar-refractivity contribution in [1.29, 1.82) is 0 Å². The van der Waals surface area contributed by atoms with Crippen LogP contribution in [0.1, 0.15) is 20.8 Å². The van der Waals surface area contributed by atoms with Gasteiger partial charge in [0.1, 0.15) is 10.7 Å². The summed E-state index contributed by atoms with van der Waals surface area (Å²) >= 11 is 0.780. The fraction of sp³-hybridized carbons (Fsp3) is 0.154. The zero-order valence-electron chi connectivity index (χ0n) is 10.9. The summed E-state index contributed by atoms with van der Waals surface area (Å²) in [4.78, 5) is 10.2. The minimum absolute atomic E-state index is 0.0637. The number of carboxylic acid groups (broad SMARTS) is 1. The molecule has 0 unspecified atom stereocenters. The van der Waals surface area contributed by atoms with Crippen molar-refractivity contribution < 1.29 is 22.7 Å². The zero-order chi connectivity index (χ0) is 15.6. The number of carbonyl (C=O) groups is 1. The Morgan fingerprint density at radius 3 is 2.71 bits per heavy atom. The van der Waals surface area contributed by atoms with Crippen LogP contribution in [0.5, 0.6) is 0 Å². The molecule has 0 saturated carbocycles. The molecule has 2 aromatic rings. The first-order valence-electron chi connectivity index (χ1n) is 5.85. The van der Waals surface area contributed by atoms with E-state index in [1.807, 2.05) is 0 Å². The molecule has 5 nitrogen and oxygen atoms in total. The molecule has 0 atom stereocenters. The molecule has 112 valence electrons. The predicted molar refractivity (Wildman–Crippen MR) is 73.8 cm³/mol. The molecule has 0 fully saturated rings. The summed E-state index contributed by atoms with van der Waals surface area (Å²) < 4.78 is 39.6. The smallest absolute Gasteiger partial charge is 0.242 e. The number of thiophene rings is 1. The lowest BCUT2D eigenvalue weighted by Crippen LogP contribution is -2.28. The highest BCUT2D eigenvalue weighted by atomic mass is 32.2. The molecule has 8 heteroatoms. The number of aryl methyl sites for hydroxylation is 1. The number of nitrogens with one attached hydrogen (secondary N) is 1. The van der Waals surface area contributed by atoms with Gasteiger partial charge < -0.3 is 9.90 Å². The second-order valence-electron chi connectivity index (χ2n) is 4.31. The van der Waals surface area contributed by atoms with Gasteiger partial charge in [0.25, 0.3) is 0 Å². The van der Waals surface area contributed by atoms with Crippen LogP contribution in [0.3, 0.4) is 0 Å². The number of benzene rings is 1. The van der Waals surface area contributed by atoms with Crippen molar-refractivity contribution in [2.45, 2.75) is 18.4 Å². The number of hydrogen-bond donors (Lipinski definition) is 1. The molecule has 0 aliphatic rings. The molecule has 0 spiro atoms. The summed E-state index contributed by atoms with van der Waals surface area (Å²) in [6, 6.07) is 5.42. The highest BCUT2D eigenvalue weighted by Crippen LogP contribution is 2.21. The Morgan fingerprint density at radius 2 is 2.10 bits per heavy atom. The Kier molecular flexibility index (Phi) is 4.40. The third-order valence-corrected chi connectivity index (χ3v) is 5.26. The molecule has 21 heavy (non-hydrogen) atoms. The van der Waals surface area contributed by atoms with Crippen LogP contribution in [-0.4, -0.2) is 14.4 Å². The van der Waals surface area contributed by atoms with E-state index in [1.54, 1.807) is 6.92 Å². The van der Waals surface area contributed by atoms with Gasteiger partial charge >= 0.3 is 0 Å². The lowest BCUT2D eigenvalue weighted by molar-refractivity contribution is -0.254. The lowest BCUT2D eigenvalue weighted by Gasteiger charge is -2.09. The molecule has 0 aliphatic carbocycles. The van der Waals surface area contributed by atoms with Crippen molar-refractivity contribution in [3.8, 4) is 0 Å². The van der Waals surface area contributed by atoms with Crippen LogP contribution < -0.4 is 9.83 Å². The molecule has 2 rings (SSSR count). The molecule has 0 bridgehead atoms. The second kappa shape index (κ2) is 5.92. The van der Waals surface area contributed by atoms with E-state index >= 15 is 0 Å². The Morgan fingerprint density at radius 1 is 1.38 bits per heavy atom. The van der Waals surface area contributed by atoms with Gasteiger partial charge in [0.05, 0.1) is 10.8 Å². The molecule has 1 heterocycles. The zero-order valence-corrected chi connectivity index (χ0v) is 12.6. The minimum Gasteiger partial charge on any atom is -0.544 e. The first-order valence-corrected chi connectivity index (χ1v) is 8.21. The average Bonchev–Trinajstić information content (AvgIpc) is 2.90. The first kappa shape index (κ1) is 15.6. The maximum atomic E-state index is 13.1. The number of carboxylic acids is 1. The molecule has 1 aromatic carbocycles. The van der Waals surface area contributed by atoms with E-state index in [0.717, 1.165) is 11.3 Å². The van der Waals surface area contributed by atoms with Crippen molar-refractivity contribution in [1.82, 2.24) is 4.72 Å². The Bertz CT molecular complexity index is 783. The Hall–Kier alpha value is -1.77. The highest BCUT2D eigenvalue weighted by molar-refractivity contribution is 7.89. The summed E-state index contributed by atoms with van der Waals surface area (Å²) in [5.41, 5.74) is 0.973. The number of sulfonamides is 1. The largest absolute Gasteiger partial charge is 0.544 e. The van der Waals surface area contributed by atoms with E-state index in [9.17, 15) is 22.7 Å². The van der Waals surface area contributed by atoms with Crippen LogP contribution in [0, 0.1) is 12.7 Å². The first-order chi connectivity index (χ1) is 9.81. The number of aromatic carboxylic acids is 1. The topological polar surface area (TPSA) is 86.3 Å². The van der Waals surface area contributed by atoms with Gasteiger partial charge in [-0.1, -0.05) is 12.1 Å². The number of carbonyl (C=O) groups excluding carboxylic acids is 1. The molecule has 1 aromatic heterocycles. The standard InChI is InChI=1S/C13H12FNO4S2/c1-8-6-9(2-3-10(8)14)7-15-21(18,19)11-4-5-20-12(11)13(16)17/h2-6,15H,7H2,1H3,(H,16,17)/p-1. The fourth-order valence-corrected chi connectivity index (χ4v) is 4.00. The van der Waals surface area contributed by atoms with Gasteiger partial charge in [-0.05, 0) is 35.6 Å². The maximum Gasteiger partial charge on any atom is 0.242 e. The van der Waals surface area contributed by atoms with Gasteiger partial charge in [-0.2, -0.15) is 0 Å². The maximum absolute atomic E-state index is 13.1. The van der Waals surface area contributed by atoms with Crippen molar-refractivity contribution in [2.75, 3.05) is 0 Å². The third-order valence-electron chi connectivity index (χ3n) is 2.79. The Labute approximate surface area is 125 Å². The van der Waals surface area contributed by atoms with Crippen molar-refractivity contribution in [3.05, 3.63) is 51.5 Å². The van der Waals surface area contributed by atoms with Gasteiger partial charge in [-0.25, -0.2) is 17.5 Å². The van der Waals surface area contributed by atoms with Gasteiger partial charge in [0, 0.05) is 6.54 Å². The van der Waals surface area contributed by atoms with Crippen LogP contribution >= 0.6 is 11.3 Å². The summed E-state index contributed by atoms with van der Waals surface area (Å²) in [6.45, 7) is 1.51.